The summed E-state index contributed by atoms with van der Waals surface area (Å²) < 4.78 is 6.47. The first kappa shape index (κ1) is 9.23. The zero-order chi connectivity index (χ0) is 7.82. The normalized spacial score (nSPS) is 7.50. The number of rotatable bonds is 1. The second-order valence-corrected chi connectivity index (χ2v) is 1.51. The summed E-state index contributed by atoms with van der Waals surface area (Å²) in [6, 6.07) is 9.60. The largest absolute Gasteiger partial charge is 0.324 e. The molecule has 0 fully saturated rings. The van der Waals surface area contributed by atoms with Crippen LogP contribution in [0.15, 0.2) is 30.3 Å². The van der Waals surface area contributed by atoms with Crippen molar-refractivity contribution in [1.82, 2.24) is 0 Å². The summed E-state index contributed by atoms with van der Waals surface area (Å²) in [5, 5.41) is 0. The van der Waals surface area contributed by atoms with E-state index >= 15 is 0 Å². The highest BCUT2D eigenvalue weighted by Crippen LogP contribution is 2.00. The third-order valence-electron chi connectivity index (χ3n) is 0.940. The molecule has 56 valence electrons. The summed E-state index contributed by atoms with van der Waals surface area (Å²) in [6.45, 7) is 0. The molecule has 0 heterocycles. The summed E-state index contributed by atoms with van der Waals surface area (Å²) in [4.78, 5) is 0. The molecule has 4 N–H and O–H groups in total. The first-order valence-corrected chi connectivity index (χ1v) is 2.96. The Morgan fingerprint density at radius 3 is 2.00 bits per heavy atom. The number of nitrogens with two attached hydrogens (primary N) is 1. The molecular weight excluding hydrogens is 152 g/mol. The van der Waals surface area contributed by atoms with Crippen molar-refractivity contribution in [3.8, 4) is 0 Å². The van der Waals surface area contributed by atoms with Crippen molar-refractivity contribution in [2.45, 2.75) is 0 Å². The van der Waals surface area contributed by atoms with E-state index in [1.54, 1.807) is 0 Å². The first-order valence-electron chi connectivity index (χ1n) is 2.62. The SMILES string of the molecule is NNc1ccccc1.OCl. The van der Waals surface area contributed by atoms with Gasteiger partial charge in [0.1, 0.15) is 0 Å². The number of anilines is 1. The quantitative estimate of drug-likeness (QED) is 0.426. The van der Waals surface area contributed by atoms with Crippen LogP contribution in [0.3, 0.4) is 0 Å². The predicted molar refractivity (Wildman–Crippen MR) is 42.3 cm³/mol. The Morgan fingerprint density at radius 1 is 1.20 bits per heavy atom. The van der Waals surface area contributed by atoms with E-state index in [-0.39, 0.29) is 0 Å². The van der Waals surface area contributed by atoms with Crippen molar-refractivity contribution < 1.29 is 4.66 Å². The van der Waals surface area contributed by atoms with E-state index < -0.39 is 0 Å². The highest BCUT2D eigenvalue weighted by Gasteiger charge is 1.78. The molecule has 0 aliphatic carbocycles. The second-order valence-electron chi connectivity index (χ2n) is 1.51. The molecule has 0 radical (unpaired) electrons. The van der Waals surface area contributed by atoms with Crippen LogP contribution in [0.5, 0.6) is 0 Å². The monoisotopic (exact) mass is 160 g/mol. The van der Waals surface area contributed by atoms with Gasteiger partial charge >= 0.3 is 0 Å². The molecule has 3 nitrogen and oxygen atoms in total. The van der Waals surface area contributed by atoms with E-state index in [4.69, 9.17) is 10.5 Å². The van der Waals surface area contributed by atoms with E-state index in [0.717, 1.165) is 5.69 Å². The smallest absolute Gasteiger partial charge is 0.0579 e. The Labute approximate surface area is 64.6 Å². The number of hydrazine groups is 1. The number of hydrogen-bond acceptors (Lipinski definition) is 3. The molecule has 0 aliphatic rings. The molecule has 1 aromatic rings. The first-order chi connectivity index (χ1) is 4.93. The fraction of sp³-hybridized carbons (Fsp3) is 0. The second kappa shape index (κ2) is 6.35. The lowest BCUT2D eigenvalue weighted by molar-refractivity contribution is 0.632. The number of benzene rings is 1. The van der Waals surface area contributed by atoms with Crippen LogP contribution in [0, 0.1) is 0 Å². The van der Waals surface area contributed by atoms with Crippen molar-refractivity contribution in [1.29, 1.82) is 0 Å². The zero-order valence-electron chi connectivity index (χ0n) is 5.29. The van der Waals surface area contributed by atoms with Crippen molar-refractivity contribution in [2.24, 2.45) is 5.84 Å². The maximum atomic E-state index is 6.47. The summed E-state index contributed by atoms with van der Waals surface area (Å²) in [6.07, 6.45) is 0. The fourth-order valence-electron chi connectivity index (χ4n) is 0.534. The molecule has 0 amide bonds. The van der Waals surface area contributed by atoms with Crippen LogP contribution in [-0.2, 0) is 0 Å². The van der Waals surface area contributed by atoms with Gasteiger partial charge in [-0.1, -0.05) is 18.2 Å². The molecule has 4 heteroatoms. The number of hydrogen-bond donors (Lipinski definition) is 3. The lowest BCUT2D eigenvalue weighted by Crippen LogP contribution is -2.05. The molecular formula is C6H9ClN2O. The standard InChI is InChI=1S/C6H8N2.ClHO/c7-8-6-4-2-1-3-5-6;1-2/h1-5,8H,7H2;2H. The van der Waals surface area contributed by atoms with Crippen LogP contribution in [-0.4, -0.2) is 4.66 Å². The molecule has 0 atom stereocenters. The van der Waals surface area contributed by atoms with Crippen LogP contribution < -0.4 is 11.3 Å². The maximum Gasteiger partial charge on any atom is 0.0579 e. The Morgan fingerprint density at radius 2 is 1.70 bits per heavy atom. The summed E-state index contributed by atoms with van der Waals surface area (Å²) in [7, 11) is 0. The molecule has 0 saturated heterocycles. The Kier molecular flexibility index (Phi) is 5.86. The average Bonchev–Trinajstić information content (AvgIpc) is 2.10. The predicted octanol–water partition coefficient (Wildman–Crippen LogP) is 1.10. The van der Waals surface area contributed by atoms with Gasteiger partial charge in [-0.2, -0.15) is 0 Å². The van der Waals surface area contributed by atoms with Gasteiger partial charge in [-0.3, -0.25) is 10.5 Å². The molecule has 0 bridgehead atoms. The third-order valence-corrected chi connectivity index (χ3v) is 0.940. The van der Waals surface area contributed by atoms with Gasteiger partial charge in [0.2, 0.25) is 0 Å². The molecule has 0 saturated carbocycles. The van der Waals surface area contributed by atoms with Gasteiger partial charge < -0.3 is 5.43 Å². The van der Waals surface area contributed by atoms with Crippen LogP contribution in [0.1, 0.15) is 0 Å². The van der Waals surface area contributed by atoms with Crippen molar-refractivity contribution in [2.75, 3.05) is 5.43 Å². The van der Waals surface area contributed by atoms with Crippen molar-refractivity contribution in [3.63, 3.8) is 0 Å². The Balaban J connectivity index is 0.000000371. The van der Waals surface area contributed by atoms with Gasteiger partial charge in [-0.05, 0) is 12.1 Å². The topological polar surface area (TPSA) is 58.3 Å². The van der Waals surface area contributed by atoms with Crippen LogP contribution in [0.25, 0.3) is 0 Å². The minimum absolute atomic E-state index is 0.938. The number of nitrogen functional groups attached to an aromatic ring is 1. The minimum atomic E-state index is 0.938. The average molecular weight is 161 g/mol. The van der Waals surface area contributed by atoms with E-state index in [1.165, 1.54) is 0 Å². The van der Waals surface area contributed by atoms with Gasteiger partial charge in [0.05, 0.1) is 11.9 Å². The fourth-order valence-corrected chi connectivity index (χ4v) is 0.534. The number of nitrogens with one attached hydrogen (secondary N) is 1. The van der Waals surface area contributed by atoms with E-state index in [0.29, 0.717) is 0 Å². The molecule has 1 rings (SSSR count). The number of halogens is 1. The number of para-hydroxylation sites is 1. The highest BCUT2D eigenvalue weighted by molar-refractivity contribution is 6.04. The summed E-state index contributed by atoms with van der Waals surface area (Å²) in [5.74, 6) is 5.10. The molecule has 0 aromatic heterocycles. The lowest BCUT2D eigenvalue weighted by Gasteiger charge is -1.94. The zero-order valence-corrected chi connectivity index (χ0v) is 6.05. The highest BCUT2D eigenvalue weighted by atomic mass is 35.5. The van der Waals surface area contributed by atoms with Crippen LogP contribution >= 0.6 is 11.9 Å². The third kappa shape index (κ3) is 3.29. The van der Waals surface area contributed by atoms with Crippen molar-refractivity contribution in [3.05, 3.63) is 30.3 Å². The van der Waals surface area contributed by atoms with E-state index in [9.17, 15) is 0 Å². The lowest BCUT2D eigenvalue weighted by atomic mass is 10.3. The molecule has 0 aliphatic heterocycles. The van der Waals surface area contributed by atoms with Gasteiger partial charge in [0.25, 0.3) is 0 Å². The summed E-state index contributed by atoms with van der Waals surface area (Å²) in [5.41, 5.74) is 3.46. The Hall–Kier alpha value is -0.770. The van der Waals surface area contributed by atoms with Crippen molar-refractivity contribution >= 4 is 17.6 Å². The van der Waals surface area contributed by atoms with E-state index in [2.05, 4.69) is 17.3 Å². The molecule has 0 unspecified atom stereocenters. The van der Waals surface area contributed by atoms with Crippen LogP contribution in [0.4, 0.5) is 5.69 Å². The minimum Gasteiger partial charge on any atom is -0.324 e. The van der Waals surface area contributed by atoms with Gasteiger partial charge in [-0.25, -0.2) is 0 Å². The maximum absolute atomic E-state index is 6.47. The molecule has 1 aromatic carbocycles. The van der Waals surface area contributed by atoms with Gasteiger partial charge in [0.15, 0.2) is 0 Å². The summed E-state index contributed by atoms with van der Waals surface area (Å²) >= 11 is 3.64. The van der Waals surface area contributed by atoms with Gasteiger partial charge in [0, 0.05) is 5.69 Å². The Bertz CT molecular complexity index is 157. The van der Waals surface area contributed by atoms with Crippen LogP contribution in [0.2, 0.25) is 0 Å². The molecule has 10 heavy (non-hydrogen) atoms. The van der Waals surface area contributed by atoms with Gasteiger partial charge in [-0.15, -0.1) is 0 Å². The molecule has 0 spiro atoms. The van der Waals surface area contributed by atoms with E-state index in [1.807, 2.05) is 30.3 Å².